The largest absolute Gasteiger partial charge is 0.481 e. The zero-order valence-corrected chi connectivity index (χ0v) is 22.4. The fourth-order valence-corrected chi connectivity index (χ4v) is 5.77. The second kappa shape index (κ2) is 10.5. The molecule has 0 bridgehead atoms. The van der Waals surface area contributed by atoms with E-state index in [1.807, 2.05) is 34.9 Å². The number of aromatic nitrogens is 2. The zero-order valence-electron chi connectivity index (χ0n) is 22.4. The third-order valence-electron chi connectivity index (χ3n) is 7.67. The number of hydrogen-bond donors (Lipinski definition) is 3. The minimum atomic E-state index is -1.64. The average molecular weight is 563 g/mol. The topological polar surface area (TPSA) is 142 Å². The van der Waals surface area contributed by atoms with E-state index in [1.54, 1.807) is 54.6 Å². The van der Waals surface area contributed by atoms with Gasteiger partial charge in [0.1, 0.15) is 11.2 Å². The van der Waals surface area contributed by atoms with Crippen molar-refractivity contribution in [2.24, 2.45) is 0 Å². The van der Waals surface area contributed by atoms with E-state index in [9.17, 15) is 29.4 Å². The summed E-state index contributed by atoms with van der Waals surface area (Å²) in [4.78, 5) is 57.0. The van der Waals surface area contributed by atoms with E-state index in [2.05, 4.69) is 10.3 Å². The van der Waals surface area contributed by atoms with E-state index in [4.69, 9.17) is 0 Å². The summed E-state index contributed by atoms with van der Waals surface area (Å²) < 4.78 is 1.86. The van der Waals surface area contributed by atoms with Crippen molar-refractivity contribution in [2.75, 3.05) is 4.90 Å². The number of benzene rings is 3. The highest BCUT2D eigenvalue weighted by Gasteiger charge is 2.52. The first-order chi connectivity index (χ1) is 20.3. The van der Waals surface area contributed by atoms with Crippen LogP contribution in [0.3, 0.4) is 0 Å². The van der Waals surface area contributed by atoms with Crippen LogP contribution < -0.4 is 10.2 Å². The highest BCUT2D eigenvalue weighted by Crippen LogP contribution is 2.46. The van der Waals surface area contributed by atoms with Crippen LogP contribution in [0.5, 0.6) is 0 Å². The lowest BCUT2D eigenvalue weighted by Gasteiger charge is -2.29. The first-order valence-electron chi connectivity index (χ1n) is 13.4. The molecule has 3 aromatic carbocycles. The number of rotatable bonds is 9. The lowest BCUT2D eigenvalue weighted by atomic mass is 9.86. The molecule has 0 aliphatic carbocycles. The van der Waals surface area contributed by atoms with Crippen LogP contribution >= 0.6 is 0 Å². The van der Waals surface area contributed by atoms with Gasteiger partial charge in [-0.25, -0.2) is 4.98 Å². The summed E-state index contributed by atoms with van der Waals surface area (Å²) in [6.45, 7) is 0.228. The van der Waals surface area contributed by atoms with Crippen molar-refractivity contribution in [1.29, 1.82) is 0 Å². The van der Waals surface area contributed by atoms with Crippen LogP contribution in [0.25, 0.3) is 21.8 Å². The summed E-state index contributed by atoms with van der Waals surface area (Å²) >= 11 is 0. The minimum absolute atomic E-state index is 0.0433. The first-order valence-corrected chi connectivity index (χ1v) is 13.4. The number of aliphatic carboxylic acids is 2. The average Bonchev–Trinajstić information content (AvgIpc) is 3.44. The molecule has 5 aromatic rings. The van der Waals surface area contributed by atoms with Crippen LogP contribution in [0.2, 0.25) is 0 Å². The molecule has 0 radical (unpaired) electrons. The number of carboxylic acids is 2. The Balaban J connectivity index is 1.43. The third-order valence-corrected chi connectivity index (χ3v) is 7.67. The first kappa shape index (κ1) is 26.7. The molecule has 42 heavy (non-hydrogen) atoms. The third kappa shape index (κ3) is 4.43. The number of hydrogen-bond acceptors (Lipinski definition) is 5. The Kier molecular flexibility index (Phi) is 6.66. The lowest BCUT2D eigenvalue weighted by Crippen LogP contribution is -2.52. The van der Waals surface area contributed by atoms with Crippen LogP contribution in [0.15, 0.2) is 91.1 Å². The predicted molar refractivity (Wildman–Crippen MR) is 156 cm³/mol. The fourth-order valence-electron chi connectivity index (χ4n) is 5.77. The Bertz CT molecular complexity index is 1880. The van der Waals surface area contributed by atoms with Gasteiger partial charge in [-0.2, -0.15) is 0 Å². The van der Waals surface area contributed by atoms with Gasteiger partial charge in [0.05, 0.1) is 23.8 Å². The maximum atomic E-state index is 14.2. The molecule has 2 amide bonds. The number of carbonyl (C=O) groups excluding carboxylic acids is 2. The maximum Gasteiger partial charge on any atom is 0.305 e. The number of pyridine rings is 1. The van der Waals surface area contributed by atoms with Crippen molar-refractivity contribution in [3.05, 3.63) is 102 Å². The molecule has 0 fully saturated rings. The summed E-state index contributed by atoms with van der Waals surface area (Å²) in [7, 11) is 0. The highest BCUT2D eigenvalue weighted by molar-refractivity contribution is 6.15. The highest BCUT2D eigenvalue weighted by atomic mass is 16.4. The molecule has 10 heteroatoms. The van der Waals surface area contributed by atoms with Crippen molar-refractivity contribution >= 4 is 56.9 Å². The molecular formula is C32H26N4O6. The van der Waals surface area contributed by atoms with E-state index in [-0.39, 0.29) is 31.5 Å². The molecule has 10 nitrogen and oxygen atoms in total. The van der Waals surface area contributed by atoms with Gasteiger partial charge in [0.2, 0.25) is 0 Å². The SMILES string of the molecule is O=C(O)CCn1c2ccccc2c2cc(C(=O)NC3(CCC(=O)O)C(=O)N(c4ccccc4)c4ccccc43)ncc21. The van der Waals surface area contributed by atoms with Crippen molar-refractivity contribution in [3.63, 3.8) is 0 Å². The number of amides is 2. The Morgan fingerprint density at radius 3 is 2.26 bits per heavy atom. The van der Waals surface area contributed by atoms with Crippen LogP contribution in [0.1, 0.15) is 35.3 Å². The lowest BCUT2D eigenvalue weighted by molar-refractivity contribution is -0.138. The van der Waals surface area contributed by atoms with Crippen molar-refractivity contribution in [2.45, 2.75) is 31.3 Å². The van der Waals surface area contributed by atoms with E-state index >= 15 is 0 Å². The second-order valence-electron chi connectivity index (χ2n) is 10.1. The monoisotopic (exact) mass is 562 g/mol. The fraction of sp³-hybridized carbons (Fsp3) is 0.156. The van der Waals surface area contributed by atoms with Gasteiger partial charge >= 0.3 is 11.9 Å². The van der Waals surface area contributed by atoms with Gasteiger partial charge < -0.3 is 20.1 Å². The van der Waals surface area contributed by atoms with E-state index in [0.29, 0.717) is 27.8 Å². The van der Waals surface area contributed by atoms with Crippen molar-refractivity contribution in [1.82, 2.24) is 14.9 Å². The van der Waals surface area contributed by atoms with Gasteiger partial charge in [0.15, 0.2) is 0 Å². The molecule has 0 saturated carbocycles. The van der Waals surface area contributed by atoms with Gasteiger partial charge in [-0.15, -0.1) is 0 Å². The van der Waals surface area contributed by atoms with Gasteiger partial charge in [-0.1, -0.05) is 54.6 Å². The number of nitrogens with zero attached hydrogens (tertiary/aromatic N) is 3. The number of nitrogens with one attached hydrogen (secondary N) is 1. The van der Waals surface area contributed by atoms with Crippen LogP contribution in [0, 0.1) is 0 Å². The Morgan fingerprint density at radius 2 is 1.50 bits per heavy atom. The van der Waals surface area contributed by atoms with Gasteiger partial charge in [-0.3, -0.25) is 24.1 Å². The maximum absolute atomic E-state index is 14.2. The molecule has 0 spiro atoms. The number of fused-ring (bicyclic) bond motifs is 4. The Hall–Kier alpha value is -5.51. The van der Waals surface area contributed by atoms with E-state index < -0.39 is 29.3 Å². The zero-order chi connectivity index (χ0) is 29.4. The van der Waals surface area contributed by atoms with Gasteiger partial charge in [0, 0.05) is 40.5 Å². The summed E-state index contributed by atoms with van der Waals surface area (Å²) in [5, 5.41) is 23.2. The number of carboxylic acid groups (broad SMARTS) is 2. The molecule has 2 aromatic heterocycles. The molecule has 210 valence electrons. The van der Waals surface area contributed by atoms with Gasteiger partial charge in [0.25, 0.3) is 11.8 Å². The quantitative estimate of drug-likeness (QED) is 0.234. The Labute approximate surface area is 239 Å². The predicted octanol–water partition coefficient (Wildman–Crippen LogP) is 4.83. The number of aryl methyl sites for hydroxylation is 1. The van der Waals surface area contributed by atoms with Crippen LogP contribution in [0.4, 0.5) is 11.4 Å². The summed E-state index contributed by atoms with van der Waals surface area (Å²) in [6, 6.07) is 25.1. The van der Waals surface area contributed by atoms with Crippen LogP contribution in [-0.4, -0.2) is 43.5 Å². The molecule has 0 saturated heterocycles. The summed E-state index contributed by atoms with van der Waals surface area (Å²) in [5.74, 6) is -3.12. The smallest absolute Gasteiger partial charge is 0.305 e. The standard InChI is InChI=1S/C32H26N4O6/c37-28(38)14-16-32(23-11-5-7-13-26(23)36(31(32)42)20-8-2-1-3-9-20)34-30(41)24-18-22-21-10-4-6-12-25(21)35(17-15-29(39)40)27(22)19-33-24/h1-13,18-19H,14-17H2,(H,34,41)(H,37,38)(H,39,40). The van der Waals surface area contributed by atoms with E-state index in [0.717, 1.165) is 10.9 Å². The molecular weight excluding hydrogens is 536 g/mol. The van der Waals surface area contributed by atoms with Crippen molar-refractivity contribution < 1.29 is 29.4 Å². The molecule has 3 heterocycles. The molecule has 1 unspecified atom stereocenters. The number of carbonyl (C=O) groups is 4. The molecule has 3 N–H and O–H groups in total. The Morgan fingerprint density at radius 1 is 0.810 bits per heavy atom. The van der Waals surface area contributed by atoms with E-state index in [1.165, 1.54) is 11.1 Å². The summed E-state index contributed by atoms with van der Waals surface area (Å²) in [5.41, 5.74) is 1.53. The van der Waals surface area contributed by atoms with Crippen molar-refractivity contribution in [3.8, 4) is 0 Å². The molecule has 1 aliphatic rings. The molecule has 6 rings (SSSR count). The van der Waals surface area contributed by atoms with Gasteiger partial charge in [-0.05, 0) is 36.8 Å². The number of anilines is 2. The number of para-hydroxylation sites is 3. The molecule has 1 aliphatic heterocycles. The summed E-state index contributed by atoms with van der Waals surface area (Å²) in [6.07, 6.45) is 0.925. The minimum Gasteiger partial charge on any atom is -0.481 e. The van der Waals surface area contributed by atoms with Crippen LogP contribution in [-0.2, 0) is 26.5 Å². The molecule has 1 atom stereocenters. The second-order valence-corrected chi connectivity index (χ2v) is 10.1. The normalized spacial score (nSPS) is 16.1.